The molecule has 0 saturated carbocycles. The van der Waals surface area contributed by atoms with E-state index >= 15 is 0 Å². The van der Waals surface area contributed by atoms with Crippen molar-refractivity contribution in [2.45, 2.75) is 24.4 Å². The highest BCUT2D eigenvalue weighted by molar-refractivity contribution is 6.57. The fourth-order valence-electron chi connectivity index (χ4n) is 4.34. The van der Waals surface area contributed by atoms with Crippen molar-refractivity contribution in [1.29, 1.82) is 0 Å². The van der Waals surface area contributed by atoms with Crippen molar-refractivity contribution in [2.24, 2.45) is 0 Å². The minimum absolute atomic E-state index is 0.194. The highest BCUT2D eigenvalue weighted by Crippen LogP contribution is 2.35. The molecule has 1 aromatic carbocycles. The molecule has 188 valence electrons. The van der Waals surface area contributed by atoms with Crippen LogP contribution in [0.3, 0.4) is 0 Å². The van der Waals surface area contributed by atoms with Crippen LogP contribution in [0.2, 0.25) is 0 Å². The number of anilines is 3. The lowest BCUT2D eigenvalue weighted by molar-refractivity contribution is 0.0930. The molecule has 1 unspecified atom stereocenters. The number of amides is 1. The quantitative estimate of drug-likeness (QED) is 0.303. The van der Waals surface area contributed by atoms with Crippen LogP contribution in [0.5, 0.6) is 5.88 Å². The van der Waals surface area contributed by atoms with E-state index in [1.807, 2.05) is 37.4 Å². The molecular formula is C25H19FN8O3Si. The van der Waals surface area contributed by atoms with Crippen molar-refractivity contribution in [3.8, 4) is 17.0 Å². The zero-order valence-electron chi connectivity index (χ0n) is 19.9. The molecule has 2 aliphatic heterocycles. The molecule has 6 heterocycles. The van der Waals surface area contributed by atoms with E-state index in [9.17, 15) is 9.18 Å². The van der Waals surface area contributed by atoms with E-state index in [-0.39, 0.29) is 18.1 Å². The number of hydrogen-bond acceptors (Lipinski definition) is 9. The van der Waals surface area contributed by atoms with E-state index in [4.69, 9.17) is 14.1 Å². The average Bonchev–Trinajstić information content (AvgIpc) is 3.25. The fraction of sp³-hybridized carbons (Fsp3) is 0.160. The predicted molar refractivity (Wildman–Crippen MR) is 136 cm³/mol. The molecule has 1 fully saturated rings. The maximum absolute atomic E-state index is 14.2. The Kier molecular flexibility index (Phi) is 4.94. The number of aromatic nitrogens is 5. The summed E-state index contributed by atoms with van der Waals surface area (Å²) in [7, 11) is 0.328. The Labute approximate surface area is 217 Å². The van der Waals surface area contributed by atoms with Gasteiger partial charge >= 0.3 is 0 Å². The third-order valence-electron chi connectivity index (χ3n) is 6.44. The van der Waals surface area contributed by atoms with Gasteiger partial charge in [-0.25, -0.2) is 23.9 Å². The van der Waals surface area contributed by atoms with Gasteiger partial charge in [-0.3, -0.25) is 4.79 Å². The summed E-state index contributed by atoms with van der Waals surface area (Å²) in [5.74, 6) is 0.0535. The Morgan fingerprint density at radius 1 is 1.21 bits per heavy atom. The first kappa shape index (κ1) is 22.4. The van der Waals surface area contributed by atoms with Crippen molar-refractivity contribution in [3.05, 3.63) is 78.3 Å². The van der Waals surface area contributed by atoms with Crippen LogP contribution in [0.15, 0.2) is 65.8 Å². The number of benzene rings is 1. The van der Waals surface area contributed by atoms with Gasteiger partial charge in [0.05, 0.1) is 24.3 Å². The highest BCUT2D eigenvalue weighted by Gasteiger charge is 2.56. The Hall–Kier alpha value is -4.78. The number of nitrogens with zero attached hydrogens (tertiary/aromatic N) is 5. The third kappa shape index (κ3) is 3.92. The number of fused-ring (bicyclic) bond motifs is 3. The Morgan fingerprint density at radius 3 is 2.89 bits per heavy atom. The molecule has 1 saturated heterocycles. The number of hydrogen-bond donors (Lipinski definition) is 3. The first-order valence-corrected chi connectivity index (χ1v) is 12.8. The van der Waals surface area contributed by atoms with Gasteiger partial charge in [-0.15, -0.1) is 0 Å². The molecular weight excluding hydrogens is 507 g/mol. The van der Waals surface area contributed by atoms with Crippen LogP contribution >= 0.6 is 0 Å². The molecule has 2 radical (unpaired) electrons. The van der Waals surface area contributed by atoms with Crippen LogP contribution in [0.1, 0.15) is 22.8 Å². The molecule has 4 aromatic heterocycles. The Morgan fingerprint density at radius 2 is 2.08 bits per heavy atom. The minimum atomic E-state index is -0.617. The van der Waals surface area contributed by atoms with Gasteiger partial charge in [0, 0.05) is 29.6 Å². The van der Waals surface area contributed by atoms with Crippen molar-refractivity contribution < 1.29 is 18.3 Å². The zero-order valence-corrected chi connectivity index (χ0v) is 20.9. The number of pyridine rings is 1. The smallest absolute Gasteiger partial charge is 0.299 e. The Bertz CT molecular complexity index is 1690. The van der Waals surface area contributed by atoms with Crippen molar-refractivity contribution >= 4 is 38.6 Å². The number of rotatable bonds is 3. The van der Waals surface area contributed by atoms with Crippen LogP contribution in [-0.2, 0) is 6.54 Å². The number of halogens is 1. The van der Waals surface area contributed by atoms with Crippen LogP contribution in [-0.4, -0.2) is 50.9 Å². The second-order valence-corrected chi connectivity index (χ2v) is 11.0. The van der Waals surface area contributed by atoms with Gasteiger partial charge in [0.1, 0.15) is 38.2 Å². The largest absolute Gasteiger partial charge is 0.474 e. The SMILES string of the molecule is C[C@]12Oc3ncc(F)cc3CNc3nc4c(cnn4cc3-c3ccc(Nc4ncco4)cc3)C(=O)NC1[Si]2. The first-order chi connectivity index (χ1) is 18.4. The van der Waals surface area contributed by atoms with Gasteiger partial charge in [-0.2, -0.15) is 5.10 Å². The van der Waals surface area contributed by atoms with Gasteiger partial charge < -0.3 is 25.1 Å². The van der Waals surface area contributed by atoms with Gasteiger partial charge in [0.25, 0.3) is 11.9 Å². The van der Waals surface area contributed by atoms with E-state index in [0.29, 0.717) is 44.0 Å². The van der Waals surface area contributed by atoms with E-state index in [1.165, 1.54) is 18.5 Å². The molecule has 2 aliphatic rings. The van der Waals surface area contributed by atoms with Crippen molar-refractivity contribution in [3.63, 3.8) is 0 Å². The molecule has 38 heavy (non-hydrogen) atoms. The summed E-state index contributed by atoms with van der Waals surface area (Å²) in [6, 6.07) is 9.37. The van der Waals surface area contributed by atoms with Gasteiger partial charge in [0.2, 0.25) is 5.88 Å². The summed E-state index contributed by atoms with van der Waals surface area (Å²) in [4.78, 5) is 26.2. The molecule has 2 bridgehead atoms. The highest BCUT2D eigenvalue weighted by atomic mass is 28.2. The number of nitrogens with one attached hydrogen (secondary N) is 3. The predicted octanol–water partition coefficient (Wildman–Crippen LogP) is 3.16. The maximum atomic E-state index is 14.2. The zero-order chi connectivity index (χ0) is 25.9. The second-order valence-electron chi connectivity index (χ2n) is 9.10. The van der Waals surface area contributed by atoms with Crippen molar-refractivity contribution in [1.82, 2.24) is 29.9 Å². The average molecular weight is 527 g/mol. The normalized spacial score (nSPS) is 20.2. The number of ether oxygens (including phenoxy) is 1. The van der Waals surface area contributed by atoms with Gasteiger partial charge in [-0.1, -0.05) is 12.1 Å². The molecule has 0 aliphatic carbocycles. The number of carbonyl (C=O) groups excluding carboxylic acids is 1. The monoisotopic (exact) mass is 526 g/mol. The molecule has 11 nitrogen and oxygen atoms in total. The summed E-state index contributed by atoms with van der Waals surface area (Å²) < 4.78 is 27.2. The third-order valence-corrected chi connectivity index (χ3v) is 8.08. The summed E-state index contributed by atoms with van der Waals surface area (Å²) in [5.41, 5.74) is 3.46. The molecule has 13 heteroatoms. The second kappa shape index (κ2) is 8.38. The maximum Gasteiger partial charge on any atom is 0.299 e. The van der Waals surface area contributed by atoms with Crippen molar-refractivity contribution in [2.75, 3.05) is 10.6 Å². The Balaban J connectivity index is 1.31. The van der Waals surface area contributed by atoms with Crippen LogP contribution in [0, 0.1) is 5.82 Å². The van der Waals surface area contributed by atoms with Gasteiger partial charge in [-0.05, 0) is 30.7 Å². The lowest BCUT2D eigenvalue weighted by atomic mass is 10.1. The molecule has 1 amide bonds. The fourth-order valence-corrected chi connectivity index (χ4v) is 5.32. The molecule has 7 rings (SSSR count). The summed E-state index contributed by atoms with van der Waals surface area (Å²) in [6.45, 7) is 2.11. The summed E-state index contributed by atoms with van der Waals surface area (Å²) in [6.07, 6.45) is 7.49. The molecule has 0 spiro atoms. The molecule has 5 aromatic rings. The molecule has 3 N–H and O–H groups in total. The van der Waals surface area contributed by atoms with E-state index in [1.54, 1.807) is 10.7 Å². The summed E-state index contributed by atoms with van der Waals surface area (Å²) in [5, 5.41) is 13.2. The van der Waals surface area contributed by atoms with Crippen LogP contribution < -0.4 is 20.7 Å². The van der Waals surface area contributed by atoms with Crippen LogP contribution in [0.25, 0.3) is 16.8 Å². The standard InChI is InChI=1S/C25H19FN8O3Si/c1-25-23(38-25)33-21(35)17-11-30-34-12-18(13-2-4-16(5-3-13)31-24-27-6-7-36-24)19(32-20(17)34)28-9-14-8-15(26)10-29-22(14)37-25/h2-8,10-12,23H,9H2,1H3,(H,27,31)(H,28,32)(H,33,35)/t23?,25-/m1/s1. The number of carbonyl (C=O) groups is 1. The van der Waals surface area contributed by atoms with Gasteiger partial charge in [0.15, 0.2) is 5.65 Å². The van der Waals surface area contributed by atoms with E-state index < -0.39 is 11.0 Å². The minimum Gasteiger partial charge on any atom is -0.474 e. The lowest BCUT2D eigenvalue weighted by Crippen LogP contribution is -2.34. The lowest BCUT2D eigenvalue weighted by Gasteiger charge is -2.18. The number of oxazole rings is 1. The molecule has 2 atom stereocenters. The first-order valence-electron chi connectivity index (χ1n) is 11.8. The van der Waals surface area contributed by atoms with Crippen LogP contribution in [0.4, 0.5) is 21.9 Å². The topological polar surface area (TPSA) is 132 Å². The van der Waals surface area contributed by atoms with E-state index in [2.05, 4.69) is 31.0 Å². The summed E-state index contributed by atoms with van der Waals surface area (Å²) >= 11 is 0. The van der Waals surface area contributed by atoms with E-state index in [0.717, 1.165) is 23.0 Å².